The Morgan fingerprint density at radius 3 is 3.05 bits per heavy atom. The molecule has 0 saturated carbocycles. The van der Waals surface area contributed by atoms with Crippen LogP contribution in [0.15, 0.2) is 22.7 Å². The van der Waals surface area contributed by atoms with Crippen LogP contribution in [-0.2, 0) is 5.75 Å². The van der Waals surface area contributed by atoms with Crippen LogP contribution < -0.4 is 10.2 Å². The fourth-order valence-corrected chi connectivity index (χ4v) is 3.07. The van der Waals surface area contributed by atoms with Gasteiger partial charge in [-0.25, -0.2) is 9.78 Å². The van der Waals surface area contributed by atoms with Crippen molar-refractivity contribution in [2.24, 2.45) is 0 Å². The number of halogens is 1. The smallest absolute Gasteiger partial charge is 0.323 e. The van der Waals surface area contributed by atoms with Crippen molar-refractivity contribution in [3.63, 3.8) is 0 Å². The molecule has 0 aliphatic heterocycles. The van der Waals surface area contributed by atoms with Gasteiger partial charge in [-0.1, -0.05) is 23.1 Å². The minimum atomic E-state index is -0.500. The van der Waals surface area contributed by atoms with Crippen LogP contribution in [0.5, 0.6) is 0 Å². The minimum absolute atomic E-state index is 0.256. The Kier molecular flexibility index (Phi) is 4.85. The standard InChI is InChI=1S/C11H12FN5OS2/c1-13-9(18)17(2)10-15-16-11(20-10)19-6-7-3-4-14-8(12)5-7/h3-5H,6H2,1-2H3,(H,13,18). The highest BCUT2D eigenvalue weighted by atomic mass is 32.2. The largest absolute Gasteiger partial charge is 0.341 e. The maximum atomic E-state index is 12.9. The third kappa shape index (κ3) is 3.64. The molecule has 0 aliphatic carbocycles. The SMILES string of the molecule is CNC(=O)N(C)c1nnc(SCc2ccnc(F)c2)s1. The van der Waals surface area contributed by atoms with Crippen LogP contribution in [0.4, 0.5) is 14.3 Å². The lowest BCUT2D eigenvalue weighted by molar-refractivity contribution is 0.249. The summed E-state index contributed by atoms with van der Waals surface area (Å²) in [5.74, 6) is 0.0676. The first-order valence-electron chi connectivity index (χ1n) is 5.62. The van der Waals surface area contributed by atoms with Crippen molar-refractivity contribution in [2.75, 3.05) is 19.0 Å². The van der Waals surface area contributed by atoms with Crippen molar-refractivity contribution in [3.05, 3.63) is 29.8 Å². The van der Waals surface area contributed by atoms with Gasteiger partial charge in [-0.2, -0.15) is 4.39 Å². The molecule has 2 aromatic rings. The summed E-state index contributed by atoms with van der Waals surface area (Å²) in [6.45, 7) is 0. The summed E-state index contributed by atoms with van der Waals surface area (Å²) in [6, 6.07) is 2.87. The van der Waals surface area contributed by atoms with Gasteiger partial charge >= 0.3 is 6.03 Å². The van der Waals surface area contributed by atoms with E-state index in [4.69, 9.17) is 0 Å². The van der Waals surface area contributed by atoms with Crippen molar-refractivity contribution in [3.8, 4) is 0 Å². The summed E-state index contributed by atoms with van der Waals surface area (Å²) in [4.78, 5) is 16.3. The van der Waals surface area contributed by atoms with Crippen LogP contribution in [0.3, 0.4) is 0 Å². The lowest BCUT2D eigenvalue weighted by Crippen LogP contribution is -2.34. The first kappa shape index (κ1) is 14.7. The summed E-state index contributed by atoms with van der Waals surface area (Å²) < 4.78 is 13.6. The molecule has 106 valence electrons. The van der Waals surface area contributed by atoms with E-state index in [0.29, 0.717) is 15.2 Å². The van der Waals surface area contributed by atoms with E-state index in [2.05, 4.69) is 20.5 Å². The van der Waals surface area contributed by atoms with Crippen molar-refractivity contribution >= 4 is 34.3 Å². The molecule has 2 aromatic heterocycles. The van der Waals surface area contributed by atoms with E-state index in [1.165, 1.54) is 40.3 Å². The van der Waals surface area contributed by atoms with E-state index in [1.807, 2.05) is 0 Å². The highest BCUT2D eigenvalue weighted by Crippen LogP contribution is 2.29. The number of carbonyl (C=O) groups is 1. The molecule has 0 aromatic carbocycles. The lowest BCUT2D eigenvalue weighted by Gasteiger charge is -2.10. The number of hydrogen-bond donors (Lipinski definition) is 1. The Balaban J connectivity index is 1.98. The molecule has 6 nitrogen and oxygen atoms in total. The summed E-state index contributed by atoms with van der Waals surface area (Å²) in [6.07, 6.45) is 1.43. The van der Waals surface area contributed by atoms with Crippen molar-refractivity contribution in [1.29, 1.82) is 0 Å². The number of anilines is 1. The number of thioether (sulfide) groups is 1. The third-order valence-electron chi connectivity index (χ3n) is 2.35. The van der Waals surface area contributed by atoms with Gasteiger partial charge in [0, 0.05) is 26.0 Å². The summed E-state index contributed by atoms with van der Waals surface area (Å²) in [5, 5.41) is 10.9. The molecule has 0 bridgehead atoms. The number of aromatic nitrogens is 3. The van der Waals surface area contributed by atoms with E-state index in [1.54, 1.807) is 20.2 Å². The second kappa shape index (κ2) is 6.62. The zero-order chi connectivity index (χ0) is 14.5. The van der Waals surface area contributed by atoms with Crippen LogP contribution >= 0.6 is 23.1 Å². The molecule has 1 N–H and O–H groups in total. The van der Waals surface area contributed by atoms with Gasteiger partial charge in [0.15, 0.2) is 4.34 Å². The van der Waals surface area contributed by atoms with Crippen LogP contribution in [0, 0.1) is 5.95 Å². The van der Waals surface area contributed by atoms with Crippen LogP contribution in [-0.4, -0.2) is 35.3 Å². The molecule has 0 atom stereocenters. The second-order valence-electron chi connectivity index (χ2n) is 3.74. The zero-order valence-corrected chi connectivity index (χ0v) is 12.5. The molecule has 9 heteroatoms. The fourth-order valence-electron chi connectivity index (χ4n) is 1.33. The van der Waals surface area contributed by atoms with Crippen molar-refractivity contribution in [1.82, 2.24) is 20.5 Å². The molecule has 0 fully saturated rings. The van der Waals surface area contributed by atoms with Crippen molar-refractivity contribution < 1.29 is 9.18 Å². The molecular formula is C11H12FN5OS2. The van der Waals surface area contributed by atoms with E-state index in [-0.39, 0.29) is 6.03 Å². The number of nitrogens with zero attached hydrogens (tertiary/aromatic N) is 4. The number of nitrogens with one attached hydrogen (secondary N) is 1. The van der Waals surface area contributed by atoms with Crippen LogP contribution in [0.25, 0.3) is 0 Å². The highest BCUT2D eigenvalue weighted by molar-refractivity contribution is 8.00. The lowest BCUT2D eigenvalue weighted by atomic mass is 10.3. The summed E-state index contributed by atoms with van der Waals surface area (Å²) in [5.41, 5.74) is 0.818. The Morgan fingerprint density at radius 2 is 2.35 bits per heavy atom. The molecule has 0 aliphatic rings. The van der Waals surface area contributed by atoms with E-state index in [9.17, 15) is 9.18 Å². The number of pyridine rings is 1. The Hall–Kier alpha value is -1.74. The molecule has 0 unspecified atom stereocenters. The summed E-state index contributed by atoms with van der Waals surface area (Å²) >= 11 is 2.74. The molecule has 2 amide bonds. The highest BCUT2D eigenvalue weighted by Gasteiger charge is 2.14. The fraction of sp³-hybridized carbons (Fsp3) is 0.273. The van der Waals surface area contributed by atoms with E-state index < -0.39 is 5.95 Å². The van der Waals surface area contributed by atoms with Crippen molar-refractivity contribution in [2.45, 2.75) is 10.1 Å². The van der Waals surface area contributed by atoms with Gasteiger partial charge in [0.2, 0.25) is 11.1 Å². The number of rotatable bonds is 4. The maximum Gasteiger partial charge on any atom is 0.323 e. The van der Waals surface area contributed by atoms with E-state index >= 15 is 0 Å². The van der Waals surface area contributed by atoms with Gasteiger partial charge in [0.05, 0.1) is 0 Å². The monoisotopic (exact) mass is 313 g/mol. The normalized spacial score (nSPS) is 10.3. The second-order valence-corrected chi connectivity index (χ2v) is 5.92. The van der Waals surface area contributed by atoms with Crippen LogP contribution in [0.1, 0.15) is 5.56 Å². The number of carbonyl (C=O) groups excluding carboxylic acids is 1. The predicted molar refractivity (Wildman–Crippen MR) is 76.5 cm³/mol. The third-order valence-corrected chi connectivity index (χ3v) is 4.56. The van der Waals surface area contributed by atoms with Gasteiger partial charge < -0.3 is 5.32 Å². The first-order valence-corrected chi connectivity index (χ1v) is 7.42. The topological polar surface area (TPSA) is 71.0 Å². The molecule has 0 radical (unpaired) electrons. The Labute approximate surface area is 123 Å². The van der Waals surface area contributed by atoms with Gasteiger partial charge in [-0.3, -0.25) is 4.90 Å². The quantitative estimate of drug-likeness (QED) is 0.532. The molecule has 2 rings (SSSR count). The molecule has 2 heterocycles. The molecule has 20 heavy (non-hydrogen) atoms. The molecular weight excluding hydrogens is 301 g/mol. The van der Waals surface area contributed by atoms with Crippen LogP contribution in [0.2, 0.25) is 0 Å². The van der Waals surface area contributed by atoms with Gasteiger partial charge in [0.1, 0.15) is 0 Å². The molecule has 0 spiro atoms. The average Bonchev–Trinajstić information content (AvgIpc) is 2.92. The first-order chi connectivity index (χ1) is 9.60. The minimum Gasteiger partial charge on any atom is -0.341 e. The Bertz CT molecular complexity index is 606. The number of amides is 2. The van der Waals surface area contributed by atoms with E-state index in [0.717, 1.165) is 5.56 Å². The summed E-state index contributed by atoms with van der Waals surface area (Å²) in [7, 11) is 3.17. The zero-order valence-electron chi connectivity index (χ0n) is 10.8. The maximum absolute atomic E-state index is 12.9. The predicted octanol–water partition coefficient (Wildman–Crippen LogP) is 2.14. The van der Waals surface area contributed by atoms with Gasteiger partial charge in [0.25, 0.3) is 0 Å². The Morgan fingerprint density at radius 1 is 1.55 bits per heavy atom. The number of urea groups is 1. The molecule has 0 saturated heterocycles. The van der Waals surface area contributed by atoms with Gasteiger partial charge in [-0.05, 0) is 17.7 Å². The average molecular weight is 313 g/mol. The van der Waals surface area contributed by atoms with Gasteiger partial charge in [-0.15, -0.1) is 10.2 Å². The number of hydrogen-bond acceptors (Lipinski definition) is 6.